The van der Waals surface area contributed by atoms with Gasteiger partial charge < -0.3 is 4.74 Å². The van der Waals surface area contributed by atoms with Crippen LogP contribution in [-0.4, -0.2) is 12.5 Å². The van der Waals surface area contributed by atoms with E-state index >= 15 is 0 Å². The summed E-state index contributed by atoms with van der Waals surface area (Å²) in [5.74, 6) is 2.48. The fourth-order valence-corrected chi connectivity index (χ4v) is 3.36. The topological polar surface area (TPSA) is 9.23 Å². The average molecular weight is 352 g/mol. The molecule has 0 saturated heterocycles. The van der Waals surface area contributed by atoms with Crippen LogP contribution in [0.2, 0.25) is 0 Å². The van der Waals surface area contributed by atoms with Crippen LogP contribution in [0.4, 0.5) is 0 Å². The molecule has 0 N–H and O–H groups in total. The van der Waals surface area contributed by atoms with Crippen LogP contribution in [0.3, 0.4) is 0 Å². The van der Waals surface area contributed by atoms with E-state index in [1.165, 1.54) is 11.1 Å². The minimum Gasteiger partial charge on any atom is -0.493 e. The first-order valence-corrected chi connectivity index (χ1v) is 8.14. The first-order chi connectivity index (χ1) is 9.78. The third kappa shape index (κ3) is 2.87. The van der Waals surface area contributed by atoms with Gasteiger partial charge in [-0.05, 0) is 36.1 Å². The Bertz CT molecular complexity index is 582. The van der Waals surface area contributed by atoms with Crippen molar-refractivity contribution in [2.45, 2.75) is 18.3 Å². The van der Waals surface area contributed by atoms with Gasteiger partial charge in [0.05, 0.1) is 6.61 Å². The lowest BCUT2D eigenvalue weighted by molar-refractivity contribution is 0.320. The normalized spacial score (nSPS) is 18.4. The Morgan fingerprint density at radius 2 is 1.90 bits per heavy atom. The molecule has 0 amide bonds. The second-order valence-electron chi connectivity index (χ2n) is 5.18. The predicted molar refractivity (Wildman–Crippen MR) is 86.9 cm³/mol. The molecule has 2 aromatic rings. The summed E-state index contributed by atoms with van der Waals surface area (Å²) in [6.07, 6.45) is 1.03. The Balaban J connectivity index is 1.78. The molecule has 3 rings (SSSR count). The number of halogens is 2. The zero-order chi connectivity index (χ0) is 13.9. The fourth-order valence-electron chi connectivity index (χ4n) is 2.79. The maximum absolute atomic E-state index is 6.19. The van der Waals surface area contributed by atoms with Crippen LogP contribution in [0.1, 0.15) is 29.4 Å². The monoisotopic (exact) mass is 350 g/mol. The SMILES string of the molecule is ClCC(CC1COc2ccccc21)c1ccc(Br)cc1. The van der Waals surface area contributed by atoms with Crippen molar-refractivity contribution in [2.24, 2.45) is 0 Å². The van der Waals surface area contributed by atoms with Crippen LogP contribution >= 0.6 is 27.5 Å². The third-order valence-electron chi connectivity index (χ3n) is 3.90. The van der Waals surface area contributed by atoms with Crippen molar-refractivity contribution in [2.75, 3.05) is 12.5 Å². The summed E-state index contributed by atoms with van der Waals surface area (Å²) in [6.45, 7) is 0.767. The molecular weight excluding hydrogens is 336 g/mol. The molecule has 0 aliphatic carbocycles. The summed E-state index contributed by atoms with van der Waals surface area (Å²) in [6, 6.07) is 16.8. The van der Waals surface area contributed by atoms with Gasteiger partial charge in [0.25, 0.3) is 0 Å². The molecule has 0 fully saturated rings. The summed E-state index contributed by atoms with van der Waals surface area (Å²) in [5, 5.41) is 0. The lowest BCUT2D eigenvalue weighted by Crippen LogP contribution is -2.09. The Morgan fingerprint density at radius 3 is 2.65 bits per heavy atom. The van der Waals surface area contributed by atoms with Gasteiger partial charge in [-0.3, -0.25) is 0 Å². The number of ether oxygens (including phenoxy) is 1. The summed E-state index contributed by atoms with van der Waals surface area (Å²) in [5.41, 5.74) is 2.62. The number of rotatable bonds is 4. The van der Waals surface area contributed by atoms with Crippen molar-refractivity contribution >= 4 is 27.5 Å². The summed E-state index contributed by atoms with van der Waals surface area (Å²) in [4.78, 5) is 0. The molecule has 1 aliphatic rings. The molecular formula is C17H16BrClO. The van der Waals surface area contributed by atoms with Gasteiger partial charge in [0, 0.05) is 21.8 Å². The summed E-state index contributed by atoms with van der Waals surface area (Å²) in [7, 11) is 0. The van der Waals surface area contributed by atoms with Gasteiger partial charge in [0.1, 0.15) is 5.75 Å². The minimum atomic E-state index is 0.365. The molecule has 104 valence electrons. The molecule has 0 radical (unpaired) electrons. The molecule has 1 nitrogen and oxygen atoms in total. The fraction of sp³-hybridized carbons (Fsp3) is 0.294. The van der Waals surface area contributed by atoms with E-state index in [-0.39, 0.29) is 0 Å². The van der Waals surface area contributed by atoms with Gasteiger partial charge in [-0.2, -0.15) is 0 Å². The van der Waals surface area contributed by atoms with Gasteiger partial charge in [0.2, 0.25) is 0 Å². The summed E-state index contributed by atoms with van der Waals surface area (Å²) >= 11 is 9.67. The maximum Gasteiger partial charge on any atom is 0.122 e. The van der Waals surface area contributed by atoms with Crippen molar-refractivity contribution in [3.8, 4) is 5.75 Å². The number of alkyl halides is 1. The van der Waals surface area contributed by atoms with Crippen molar-refractivity contribution < 1.29 is 4.74 Å². The number of hydrogen-bond donors (Lipinski definition) is 0. The zero-order valence-electron chi connectivity index (χ0n) is 11.1. The summed E-state index contributed by atoms with van der Waals surface area (Å²) < 4.78 is 6.86. The number of benzene rings is 2. The van der Waals surface area contributed by atoms with Crippen molar-refractivity contribution in [1.29, 1.82) is 0 Å². The van der Waals surface area contributed by atoms with E-state index in [1.54, 1.807) is 0 Å². The van der Waals surface area contributed by atoms with Gasteiger partial charge >= 0.3 is 0 Å². The van der Waals surface area contributed by atoms with Gasteiger partial charge in [-0.25, -0.2) is 0 Å². The molecule has 0 aromatic heterocycles. The smallest absolute Gasteiger partial charge is 0.122 e. The maximum atomic E-state index is 6.19. The number of hydrogen-bond acceptors (Lipinski definition) is 1. The van der Waals surface area contributed by atoms with E-state index in [9.17, 15) is 0 Å². The minimum absolute atomic E-state index is 0.365. The van der Waals surface area contributed by atoms with Crippen molar-refractivity contribution in [3.63, 3.8) is 0 Å². The van der Waals surface area contributed by atoms with E-state index < -0.39 is 0 Å². The molecule has 0 spiro atoms. The van der Waals surface area contributed by atoms with Crippen LogP contribution in [0, 0.1) is 0 Å². The van der Waals surface area contributed by atoms with E-state index in [1.807, 2.05) is 12.1 Å². The number of fused-ring (bicyclic) bond motifs is 1. The van der Waals surface area contributed by atoms with Crippen LogP contribution in [0.5, 0.6) is 5.75 Å². The van der Waals surface area contributed by atoms with E-state index in [4.69, 9.17) is 16.3 Å². The molecule has 2 unspecified atom stereocenters. The van der Waals surface area contributed by atoms with Gasteiger partial charge in [-0.15, -0.1) is 11.6 Å². The Morgan fingerprint density at radius 1 is 1.15 bits per heavy atom. The largest absolute Gasteiger partial charge is 0.493 e. The van der Waals surface area contributed by atoms with Crippen LogP contribution in [0.15, 0.2) is 53.0 Å². The van der Waals surface area contributed by atoms with Crippen LogP contribution < -0.4 is 4.74 Å². The molecule has 2 atom stereocenters. The van der Waals surface area contributed by atoms with Crippen LogP contribution in [-0.2, 0) is 0 Å². The third-order valence-corrected chi connectivity index (χ3v) is 4.80. The predicted octanol–water partition coefficient (Wildman–Crippen LogP) is 5.34. The first-order valence-electron chi connectivity index (χ1n) is 6.81. The van der Waals surface area contributed by atoms with Crippen LogP contribution in [0.25, 0.3) is 0 Å². The first kappa shape index (κ1) is 14.0. The lowest BCUT2D eigenvalue weighted by Gasteiger charge is -2.18. The lowest BCUT2D eigenvalue weighted by atomic mass is 9.87. The zero-order valence-corrected chi connectivity index (χ0v) is 13.4. The second kappa shape index (κ2) is 6.19. The molecule has 20 heavy (non-hydrogen) atoms. The van der Waals surface area contributed by atoms with Gasteiger partial charge in [-0.1, -0.05) is 46.3 Å². The average Bonchev–Trinajstić information content (AvgIpc) is 2.89. The van der Waals surface area contributed by atoms with Gasteiger partial charge in [0.15, 0.2) is 0 Å². The molecule has 3 heteroatoms. The number of para-hydroxylation sites is 1. The highest BCUT2D eigenvalue weighted by Crippen LogP contribution is 2.39. The second-order valence-corrected chi connectivity index (χ2v) is 6.41. The molecule has 0 saturated carbocycles. The van der Waals surface area contributed by atoms with Crippen molar-refractivity contribution in [1.82, 2.24) is 0 Å². The Labute approximate surface area is 133 Å². The highest BCUT2D eigenvalue weighted by atomic mass is 79.9. The van der Waals surface area contributed by atoms with Crippen molar-refractivity contribution in [3.05, 3.63) is 64.1 Å². The quantitative estimate of drug-likeness (QED) is 0.676. The highest BCUT2D eigenvalue weighted by molar-refractivity contribution is 9.10. The molecule has 1 aliphatic heterocycles. The molecule has 2 aromatic carbocycles. The highest BCUT2D eigenvalue weighted by Gasteiger charge is 2.26. The van der Waals surface area contributed by atoms with E-state index in [0.717, 1.165) is 23.2 Å². The van der Waals surface area contributed by atoms with E-state index in [0.29, 0.717) is 17.7 Å². The molecule has 0 bridgehead atoms. The van der Waals surface area contributed by atoms with E-state index in [2.05, 4.69) is 52.3 Å². The standard InChI is InChI=1S/C17H16BrClO/c18-15-7-5-12(6-8-15)13(10-19)9-14-11-20-17-4-2-1-3-16(14)17/h1-8,13-14H,9-11H2. The Kier molecular flexibility index (Phi) is 4.32. The Hall–Kier alpha value is -0.990. The molecule has 1 heterocycles.